The van der Waals surface area contributed by atoms with E-state index in [0.29, 0.717) is 6.61 Å². The van der Waals surface area contributed by atoms with Crippen molar-refractivity contribution in [3.8, 4) is 5.75 Å². The van der Waals surface area contributed by atoms with Gasteiger partial charge in [-0.25, -0.2) is 0 Å². The molecule has 0 unspecified atom stereocenters. The Kier molecular flexibility index (Phi) is 6.33. The summed E-state index contributed by atoms with van der Waals surface area (Å²) in [5.41, 5.74) is 2.18. The van der Waals surface area contributed by atoms with Crippen molar-refractivity contribution in [2.24, 2.45) is 0 Å². The van der Waals surface area contributed by atoms with E-state index in [1.54, 1.807) is 6.20 Å². The molecule has 0 amide bonds. The van der Waals surface area contributed by atoms with Gasteiger partial charge in [-0.2, -0.15) is 0 Å². The SMILES string of the molecule is C=C(C)CCOc1ccc(CNCCC)nc1. The first-order chi connectivity index (χ1) is 8.22. The fraction of sp³-hybridized carbons (Fsp3) is 0.500. The number of hydrogen-bond acceptors (Lipinski definition) is 3. The monoisotopic (exact) mass is 234 g/mol. The summed E-state index contributed by atoms with van der Waals surface area (Å²) < 4.78 is 5.55. The highest BCUT2D eigenvalue weighted by Gasteiger charge is 1.97. The van der Waals surface area contributed by atoms with E-state index in [9.17, 15) is 0 Å². The smallest absolute Gasteiger partial charge is 0.137 e. The first-order valence-corrected chi connectivity index (χ1v) is 6.15. The van der Waals surface area contributed by atoms with Gasteiger partial charge < -0.3 is 10.1 Å². The first-order valence-electron chi connectivity index (χ1n) is 6.15. The molecule has 3 heteroatoms. The number of ether oxygens (including phenoxy) is 1. The predicted molar refractivity (Wildman–Crippen MR) is 71.2 cm³/mol. The van der Waals surface area contributed by atoms with Crippen LogP contribution in [-0.2, 0) is 6.54 Å². The summed E-state index contributed by atoms with van der Waals surface area (Å²) >= 11 is 0. The minimum Gasteiger partial charge on any atom is -0.492 e. The molecule has 3 nitrogen and oxygen atoms in total. The Bertz CT molecular complexity index is 333. The molecule has 0 aliphatic carbocycles. The second-order valence-electron chi connectivity index (χ2n) is 4.22. The molecule has 0 bridgehead atoms. The van der Waals surface area contributed by atoms with Crippen molar-refractivity contribution >= 4 is 0 Å². The summed E-state index contributed by atoms with van der Waals surface area (Å²) in [4.78, 5) is 4.34. The van der Waals surface area contributed by atoms with Crippen LogP contribution in [0.5, 0.6) is 5.75 Å². The van der Waals surface area contributed by atoms with Crippen LogP contribution in [0.25, 0.3) is 0 Å². The van der Waals surface area contributed by atoms with Crippen molar-refractivity contribution in [2.45, 2.75) is 33.2 Å². The summed E-state index contributed by atoms with van der Waals surface area (Å²) in [7, 11) is 0. The minimum absolute atomic E-state index is 0.671. The second kappa shape index (κ2) is 7.85. The standard InChI is InChI=1S/C14H22N2O/c1-4-8-15-10-13-5-6-14(11-16-13)17-9-7-12(2)3/h5-6,11,15H,2,4,7-10H2,1,3H3. The lowest BCUT2D eigenvalue weighted by Crippen LogP contribution is -2.14. The van der Waals surface area contributed by atoms with Crippen LogP contribution < -0.4 is 10.1 Å². The molecule has 0 spiro atoms. The lowest BCUT2D eigenvalue weighted by molar-refractivity contribution is 0.320. The quantitative estimate of drug-likeness (QED) is 0.554. The molecule has 0 atom stereocenters. The van der Waals surface area contributed by atoms with Crippen molar-refractivity contribution in [3.05, 3.63) is 36.2 Å². The van der Waals surface area contributed by atoms with Gasteiger partial charge in [0.25, 0.3) is 0 Å². The van der Waals surface area contributed by atoms with Crippen LogP contribution in [0.3, 0.4) is 0 Å². The maximum absolute atomic E-state index is 5.55. The molecule has 1 aromatic heterocycles. The Morgan fingerprint density at radius 3 is 2.88 bits per heavy atom. The number of hydrogen-bond donors (Lipinski definition) is 1. The minimum atomic E-state index is 0.671. The van der Waals surface area contributed by atoms with Gasteiger partial charge in [0, 0.05) is 13.0 Å². The molecule has 1 aromatic rings. The summed E-state index contributed by atoms with van der Waals surface area (Å²) in [6.45, 7) is 10.5. The van der Waals surface area contributed by atoms with Crippen LogP contribution in [-0.4, -0.2) is 18.1 Å². The van der Waals surface area contributed by atoms with Gasteiger partial charge >= 0.3 is 0 Å². The van der Waals surface area contributed by atoms with Gasteiger partial charge in [-0.05, 0) is 32.0 Å². The van der Waals surface area contributed by atoms with Crippen LogP contribution in [0.4, 0.5) is 0 Å². The Morgan fingerprint density at radius 1 is 1.47 bits per heavy atom. The largest absolute Gasteiger partial charge is 0.492 e. The lowest BCUT2D eigenvalue weighted by atomic mass is 10.3. The Balaban J connectivity index is 2.31. The van der Waals surface area contributed by atoms with E-state index in [1.807, 2.05) is 19.1 Å². The second-order valence-corrected chi connectivity index (χ2v) is 4.22. The van der Waals surface area contributed by atoms with E-state index in [0.717, 1.165) is 42.9 Å². The van der Waals surface area contributed by atoms with Gasteiger partial charge in [0.05, 0.1) is 18.5 Å². The normalized spacial score (nSPS) is 10.2. The molecule has 17 heavy (non-hydrogen) atoms. The van der Waals surface area contributed by atoms with E-state index in [2.05, 4.69) is 23.8 Å². The molecule has 0 radical (unpaired) electrons. The number of nitrogens with one attached hydrogen (secondary N) is 1. The predicted octanol–water partition coefficient (Wildman–Crippen LogP) is 2.93. The molecule has 1 heterocycles. The number of pyridine rings is 1. The van der Waals surface area contributed by atoms with Gasteiger partial charge in [0.1, 0.15) is 5.75 Å². The Morgan fingerprint density at radius 2 is 2.29 bits per heavy atom. The first kappa shape index (κ1) is 13.7. The molecular formula is C14H22N2O. The highest BCUT2D eigenvalue weighted by Crippen LogP contribution is 2.10. The van der Waals surface area contributed by atoms with E-state index < -0.39 is 0 Å². The molecule has 94 valence electrons. The summed E-state index contributed by atoms with van der Waals surface area (Å²) in [6.07, 6.45) is 3.81. The molecule has 1 N–H and O–H groups in total. The molecule has 0 fully saturated rings. The van der Waals surface area contributed by atoms with E-state index in [4.69, 9.17) is 4.74 Å². The van der Waals surface area contributed by atoms with Crippen molar-refractivity contribution in [3.63, 3.8) is 0 Å². The lowest BCUT2D eigenvalue weighted by Gasteiger charge is -2.07. The molecule has 1 rings (SSSR count). The summed E-state index contributed by atoms with van der Waals surface area (Å²) in [5.74, 6) is 0.825. The molecular weight excluding hydrogens is 212 g/mol. The molecule has 0 aliphatic rings. The average Bonchev–Trinajstić information content (AvgIpc) is 2.31. The third-order valence-corrected chi connectivity index (χ3v) is 2.33. The zero-order valence-electron chi connectivity index (χ0n) is 10.8. The third-order valence-electron chi connectivity index (χ3n) is 2.33. The fourth-order valence-electron chi connectivity index (χ4n) is 1.34. The topological polar surface area (TPSA) is 34.1 Å². The summed E-state index contributed by atoms with van der Waals surface area (Å²) in [6, 6.07) is 3.97. The maximum atomic E-state index is 5.55. The van der Waals surface area contributed by atoms with Crippen LogP contribution in [0.2, 0.25) is 0 Å². The number of aromatic nitrogens is 1. The van der Waals surface area contributed by atoms with Crippen LogP contribution in [0, 0.1) is 0 Å². The van der Waals surface area contributed by atoms with E-state index >= 15 is 0 Å². The van der Waals surface area contributed by atoms with Gasteiger partial charge in [-0.1, -0.05) is 12.5 Å². The highest BCUT2D eigenvalue weighted by molar-refractivity contribution is 5.19. The van der Waals surface area contributed by atoms with Crippen LogP contribution in [0.15, 0.2) is 30.5 Å². The number of nitrogens with zero attached hydrogens (tertiary/aromatic N) is 1. The van der Waals surface area contributed by atoms with Crippen LogP contribution >= 0.6 is 0 Å². The Labute approximate surface area is 104 Å². The maximum Gasteiger partial charge on any atom is 0.137 e. The van der Waals surface area contributed by atoms with Crippen LogP contribution in [0.1, 0.15) is 32.4 Å². The summed E-state index contributed by atoms with van der Waals surface area (Å²) in [5, 5.41) is 3.31. The van der Waals surface area contributed by atoms with Gasteiger partial charge in [-0.15, -0.1) is 6.58 Å². The zero-order valence-corrected chi connectivity index (χ0v) is 10.8. The molecule has 0 aliphatic heterocycles. The Hall–Kier alpha value is -1.35. The van der Waals surface area contributed by atoms with Gasteiger partial charge in [0.15, 0.2) is 0 Å². The van der Waals surface area contributed by atoms with Crippen molar-refractivity contribution in [2.75, 3.05) is 13.2 Å². The fourth-order valence-corrected chi connectivity index (χ4v) is 1.34. The van der Waals surface area contributed by atoms with Crippen molar-refractivity contribution in [1.29, 1.82) is 0 Å². The van der Waals surface area contributed by atoms with E-state index in [-0.39, 0.29) is 0 Å². The van der Waals surface area contributed by atoms with Crippen molar-refractivity contribution < 1.29 is 4.74 Å². The number of rotatable bonds is 8. The average molecular weight is 234 g/mol. The zero-order chi connectivity index (χ0) is 12.5. The molecule has 0 aromatic carbocycles. The third kappa shape index (κ3) is 6.07. The highest BCUT2D eigenvalue weighted by atomic mass is 16.5. The van der Waals surface area contributed by atoms with Gasteiger partial charge in [0.2, 0.25) is 0 Å². The molecule has 0 saturated carbocycles. The van der Waals surface area contributed by atoms with E-state index in [1.165, 1.54) is 0 Å². The molecule has 0 saturated heterocycles. The van der Waals surface area contributed by atoms with Crippen molar-refractivity contribution in [1.82, 2.24) is 10.3 Å². The van der Waals surface area contributed by atoms with Gasteiger partial charge in [-0.3, -0.25) is 4.98 Å².